The van der Waals surface area contributed by atoms with E-state index in [9.17, 15) is 0 Å². The Kier molecular flexibility index (Phi) is 1830. The molecule has 38 valence electrons. The van der Waals surface area contributed by atoms with Crippen molar-refractivity contribution < 1.29 is 70.6 Å². The van der Waals surface area contributed by atoms with Gasteiger partial charge in [0.1, 0.15) is 0 Å². The first-order valence-corrected chi connectivity index (χ1v) is 0. The Balaban J connectivity index is 0. The van der Waals surface area contributed by atoms with Crippen LogP contribution in [-0.4, -0.2) is 16.4 Å². The maximum Gasteiger partial charge on any atom is 0 e. The average molecular weight is 223 g/mol. The molecular weight excluding hydrogens is 217 g/mol. The minimum atomic E-state index is 0. The molecule has 0 aliphatic heterocycles. The third-order valence-corrected chi connectivity index (χ3v) is 0. The molecule has 6 N–H and O–H groups in total. The van der Waals surface area contributed by atoms with E-state index in [1.807, 2.05) is 0 Å². The van der Waals surface area contributed by atoms with Gasteiger partial charge in [-0.05, 0) is 0 Å². The monoisotopic (exact) mass is 222 g/mol. The number of hydrogen-bond acceptors (Lipinski definition) is 0. The summed E-state index contributed by atoms with van der Waals surface area (Å²) in [5.74, 6) is 0. The predicted molar refractivity (Wildman–Crippen MR) is 10.8 cm³/mol. The summed E-state index contributed by atoms with van der Waals surface area (Å²) in [5.41, 5.74) is 0. The van der Waals surface area contributed by atoms with Gasteiger partial charge in [0.05, 0.1) is 0 Å². The molecule has 0 atom stereocenters. The zero-order chi connectivity index (χ0) is 0. The van der Waals surface area contributed by atoms with Gasteiger partial charge in [-0.3, -0.25) is 0 Å². The largest absolute Gasteiger partial charge is 0.412 e. The first-order chi connectivity index (χ1) is 0. The number of rotatable bonds is 0. The van der Waals surface area contributed by atoms with Crippen LogP contribution in [0.4, 0.5) is 0 Å². The fraction of sp³-hybridized carbons (Fsp3) is 0. The van der Waals surface area contributed by atoms with Crippen molar-refractivity contribution >= 4 is 0 Å². The van der Waals surface area contributed by atoms with Crippen LogP contribution in [0.1, 0.15) is 0 Å². The molecule has 0 spiro atoms. The van der Waals surface area contributed by atoms with Crippen LogP contribution in [0, 0.1) is 0 Å². The van der Waals surface area contributed by atoms with Gasteiger partial charge in [-0.15, -0.1) is 0 Å². The van der Waals surface area contributed by atoms with E-state index in [2.05, 4.69) is 0 Å². The first-order valence-electron chi connectivity index (χ1n) is 0. The third kappa shape index (κ3) is 47.2. The van der Waals surface area contributed by atoms with Crippen molar-refractivity contribution in [3.63, 3.8) is 0 Å². The molecule has 0 saturated heterocycles. The van der Waals surface area contributed by atoms with Gasteiger partial charge in [0.2, 0.25) is 0 Å². The predicted octanol–water partition coefficient (Wildman–Crippen LogP) is -2.48. The van der Waals surface area contributed by atoms with Gasteiger partial charge >= 0.3 is 0 Å². The molecule has 6 heavy (non-hydrogen) atoms. The van der Waals surface area contributed by atoms with E-state index >= 15 is 0 Å². The Labute approximate surface area is 70.4 Å². The van der Waals surface area contributed by atoms with Crippen molar-refractivity contribution in [1.29, 1.82) is 0 Å². The van der Waals surface area contributed by atoms with E-state index in [4.69, 9.17) is 0 Å². The molecule has 0 aromatic rings. The molecule has 0 amide bonds. The van der Waals surface area contributed by atoms with Crippen LogP contribution in [0.25, 0.3) is 0 Å². The van der Waals surface area contributed by atoms with Gasteiger partial charge in [0, 0.05) is 54.2 Å². The molecule has 0 saturated carbocycles. The third-order valence-electron chi connectivity index (χ3n) is 0. The van der Waals surface area contributed by atoms with Crippen LogP contribution in [0.5, 0.6) is 0 Å². The Morgan fingerprint density at radius 2 is 0.500 bits per heavy atom. The molecule has 0 aromatic heterocycles. The van der Waals surface area contributed by atoms with Crippen molar-refractivity contribution in [2.45, 2.75) is 0 Å². The van der Waals surface area contributed by atoms with Gasteiger partial charge in [0.15, 0.2) is 0 Å². The molecule has 0 radical (unpaired) electrons. The molecule has 0 aliphatic carbocycles. The van der Waals surface area contributed by atoms with E-state index in [0.717, 1.165) is 0 Å². The minimum absolute atomic E-state index is 0. The van der Waals surface area contributed by atoms with E-state index in [0.29, 0.717) is 0 Å². The Bertz CT molecular complexity index is 8.75. The van der Waals surface area contributed by atoms with Crippen LogP contribution >= 0.6 is 0 Å². The van der Waals surface area contributed by atoms with Crippen LogP contribution in [0.3, 0.4) is 0 Å². The summed E-state index contributed by atoms with van der Waals surface area (Å²) < 4.78 is 0. The van der Waals surface area contributed by atoms with Crippen LogP contribution in [-0.2, 0) is 54.2 Å². The average Bonchev–Trinajstić information content (AvgIpc) is 0. The summed E-state index contributed by atoms with van der Waals surface area (Å²) in [6, 6.07) is 0. The summed E-state index contributed by atoms with van der Waals surface area (Å²) >= 11 is 0. The van der Waals surface area contributed by atoms with E-state index in [-0.39, 0.29) is 70.6 Å². The van der Waals surface area contributed by atoms with Gasteiger partial charge in [-0.1, -0.05) is 0 Å². The summed E-state index contributed by atoms with van der Waals surface area (Å²) in [4.78, 5) is 0. The zero-order valence-electron chi connectivity index (χ0n) is 3.02. The van der Waals surface area contributed by atoms with Crippen LogP contribution in [0.15, 0.2) is 0 Å². The van der Waals surface area contributed by atoms with Gasteiger partial charge in [-0.2, -0.15) is 0 Å². The summed E-state index contributed by atoms with van der Waals surface area (Å²) in [5, 5.41) is 0. The molecule has 0 aliphatic rings. The zero-order valence-corrected chi connectivity index (χ0v) is 8.54. The van der Waals surface area contributed by atoms with Crippen molar-refractivity contribution in [3.8, 4) is 0 Å². The quantitative estimate of drug-likeness (QED) is 0.407. The van der Waals surface area contributed by atoms with Crippen molar-refractivity contribution in [3.05, 3.63) is 0 Å². The van der Waals surface area contributed by atoms with E-state index < -0.39 is 0 Å². The first kappa shape index (κ1) is 133. The van der Waals surface area contributed by atoms with Crippen LogP contribution in [0.2, 0.25) is 0 Å². The molecule has 0 heterocycles. The molecule has 6 heteroatoms. The molecule has 0 fully saturated rings. The minimum Gasteiger partial charge on any atom is -0.412 e. The van der Waals surface area contributed by atoms with Crippen molar-refractivity contribution in [1.82, 2.24) is 0 Å². The molecule has 0 unspecified atom stereocenters. The van der Waals surface area contributed by atoms with Gasteiger partial charge in [-0.25, -0.2) is 0 Å². The standard InChI is InChI=1S/2Cr.3H2O.Zn/h;;3*1H2;. The Hall–Kier alpha value is 1.57. The molecular formula is H6Cr2O3Zn. The summed E-state index contributed by atoms with van der Waals surface area (Å²) in [6.45, 7) is 0. The van der Waals surface area contributed by atoms with E-state index in [1.54, 1.807) is 0 Å². The van der Waals surface area contributed by atoms with Crippen molar-refractivity contribution in [2.24, 2.45) is 0 Å². The normalized spacial score (nSPS) is 0. The second-order valence-corrected chi connectivity index (χ2v) is 0. The van der Waals surface area contributed by atoms with Gasteiger partial charge in [0.25, 0.3) is 0 Å². The second kappa shape index (κ2) is 82.8. The SMILES string of the molecule is O.O.O.[Cr].[Cr].[Zn]. The second-order valence-electron chi connectivity index (χ2n) is 0. The number of hydrogen-bond donors (Lipinski definition) is 0. The summed E-state index contributed by atoms with van der Waals surface area (Å²) in [7, 11) is 0. The smallest absolute Gasteiger partial charge is 0 e. The Morgan fingerprint density at radius 1 is 0.500 bits per heavy atom. The maximum atomic E-state index is 0. The maximum absolute atomic E-state index is 0. The van der Waals surface area contributed by atoms with Gasteiger partial charge < -0.3 is 16.4 Å². The fourth-order valence-corrected chi connectivity index (χ4v) is 0. The van der Waals surface area contributed by atoms with Crippen molar-refractivity contribution in [2.75, 3.05) is 0 Å². The molecule has 0 rings (SSSR count). The topological polar surface area (TPSA) is 94.5 Å². The Morgan fingerprint density at radius 3 is 0.500 bits per heavy atom. The van der Waals surface area contributed by atoms with E-state index in [1.165, 1.54) is 0 Å². The molecule has 3 nitrogen and oxygen atoms in total. The molecule has 0 bridgehead atoms. The summed E-state index contributed by atoms with van der Waals surface area (Å²) in [6.07, 6.45) is 0. The molecule has 0 aromatic carbocycles. The van der Waals surface area contributed by atoms with Crippen LogP contribution < -0.4 is 0 Å². The fourth-order valence-electron chi connectivity index (χ4n) is 0.